The molecule has 0 aromatic carbocycles. The van der Waals surface area contributed by atoms with Crippen molar-refractivity contribution in [3.63, 3.8) is 0 Å². The summed E-state index contributed by atoms with van der Waals surface area (Å²) in [5.74, 6) is 0.714. The van der Waals surface area contributed by atoms with Crippen LogP contribution >= 0.6 is 11.8 Å². The van der Waals surface area contributed by atoms with E-state index in [1.54, 1.807) is 4.90 Å². The van der Waals surface area contributed by atoms with Crippen LogP contribution in [-0.4, -0.2) is 49.8 Å². The van der Waals surface area contributed by atoms with Crippen molar-refractivity contribution in [3.8, 4) is 0 Å². The molecule has 0 unspecified atom stereocenters. The summed E-state index contributed by atoms with van der Waals surface area (Å²) >= 11 is 1.40. The van der Waals surface area contributed by atoms with Crippen molar-refractivity contribution in [3.05, 3.63) is 5.82 Å². The lowest BCUT2D eigenvalue weighted by Gasteiger charge is -2.33. The van der Waals surface area contributed by atoms with Crippen molar-refractivity contribution < 1.29 is 9.59 Å². The molecule has 2 aliphatic rings. The first kappa shape index (κ1) is 15.3. The number of hydrogen-bond acceptors (Lipinski definition) is 5. The van der Waals surface area contributed by atoms with Crippen molar-refractivity contribution in [2.24, 2.45) is 5.73 Å². The summed E-state index contributed by atoms with van der Waals surface area (Å²) in [5, 5.41) is 9.06. The highest BCUT2D eigenvalue weighted by Crippen LogP contribution is 2.38. The van der Waals surface area contributed by atoms with Gasteiger partial charge in [-0.25, -0.2) is 0 Å². The highest BCUT2D eigenvalue weighted by atomic mass is 32.2. The summed E-state index contributed by atoms with van der Waals surface area (Å²) in [7, 11) is 0. The molecule has 2 amide bonds. The van der Waals surface area contributed by atoms with Crippen LogP contribution in [-0.2, 0) is 9.59 Å². The van der Waals surface area contributed by atoms with Gasteiger partial charge in [-0.3, -0.25) is 9.59 Å². The van der Waals surface area contributed by atoms with E-state index in [4.69, 9.17) is 5.73 Å². The van der Waals surface area contributed by atoms with E-state index in [2.05, 4.69) is 14.8 Å². The zero-order chi connectivity index (χ0) is 15.7. The molecule has 2 N–H and O–H groups in total. The number of likely N-dealkylation sites (tertiary alicyclic amines) is 1. The van der Waals surface area contributed by atoms with Crippen LogP contribution in [0.1, 0.15) is 44.0 Å². The molecule has 0 radical (unpaired) electrons. The summed E-state index contributed by atoms with van der Waals surface area (Å²) in [6.07, 6.45) is 4.84. The number of nitrogens with two attached hydrogens (primary N) is 1. The van der Waals surface area contributed by atoms with Gasteiger partial charge >= 0.3 is 0 Å². The number of primary amides is 1. The Bertz CT molecular complexity index is 584. The quantitative estimate of drug-likeness (QED) is 0.812. The fraction of sp³-hybridized carbons (Fsp3) is 0.714. The highest BCUT2D eigenvalue weighted by molar-refractivity contribution is 7.99. The van der Waals surface area contributed by atoms with Crippen LogP contribution < -0.4 is 5.73 Å². The number of thioether (sulfide) groups is 1. The minimum Gasteiger partial charge on any atom is -0.368 e. The van der Waals surface area contributed by atoms with Crippen LogP contribution in [0.15, 0.2) is 5.16 Å². The lowest BCUT2D eigenvalue weighted by atomic mass is 10.0. The predicted octanol–water partition coefficient (Wildman–Crippen LogP) is 0.880. The summed E-state index contributed by atoms with van der Waals surface area (Å²) in [4.78, 5) is 25.6. The Balaban J connectivity index is 1.63. The monoisotopic (exact) mass is 323 g/mol. The van der Waals surface area contributed by atoms with E-state index in [0.717, 1.165) is 36.7 Å². The average molecular weight is 323 g/mol. The average Bonchev–Trinajstić information content (AvgIpc) is 3.28. The topological polar surface area (TPSA) is 94.1 Å². The molecule has 2 fully saturated rings. The molecule has 0 spiro atoms. The van der Waals surface area contributed by atoms with Gasteiger partial charge < -0.3 is 15.2 Å². The normalized spacial score (nSPS) is 21.9. The van der Waals surface area contributed by atoms with Gasteiger partial charge in [-0.15, -0.1) is 10.2 Å². The number of carbonyl (C=O) groups excluding carboxylic acids is 2. The smallest absolute Gasteiger partial charge is 0.240 e. The Morgan fingerprint density at radius 2 is 2.05 bits per heavy atom. The maximum absolute atomic E-state index is 12.4. The summed E-state index contributed by atoms with van der Waals surface area (Å²) in [5.41, 5.74) is 5.41. The first-order valence-electron chi connectivity index (χ1n) is 7.71. The van der Waals surface area contributed by atoms with E-state index in [0.29, 0.717) is 19.0 Å². The second-order valence-electron chi connectivity index (χ2n) is 5.92. The molecule has 120 valence electrons. The van der Waals surface area contributed by atoms with E-state index >= 15 is 0 Å². The van der Waals surface area contributed by atoms with Gasteiger partial charge in [0.2, 0.25) is 11.8 Å². The second-order valence-corrected chi connectivity index (χ2v) is 6.86. The number of piperidine rings is 1. The van der Waals surface area contributed by atoms with Crippen LogP contribution in [0.2, 0.25) is 0 Å². The molecule has 1 atom stereocenters. The zero-order valence-electron chi connectivity index (χ0n) is 12.7. The van der Waals surface area contributed by atoms with Crippen molar-refractivity contribution >= 4 is 23.6 Å². The number of hydrogen-bond donors (Lipinski definition) is 1. The van der Waals surface area contributed by atoms with Crippen molar-refractivity contribution in [2.45, 2.75) is 56.3 Å². The maximum atomic E-state index is 12.4. The van der Waals surface area contributed by atoms with E-state index in [1.807, 2.05) is 6.92 Å². The Hall–Kier alpha value is -1.57. The first-order chi connectivity index (χ1) is 10.6. The number of aryl methyl sites for hydroxylation is 1. The van der Waals surface area contributed by atoms with Crippen molar-refractivity contribution in [1.82, 2.24) is 19.7 Å². The largest absolute Gasteiger partial charge is 0.368 e. The van der Waals surface area contributed by atoms with E-state index in [9.17, 15) is 9.59 Å². The van der Waals surface area contributed by atoms with E-state index in [1.165, 1.54) is 11.8 Å². The van der Waals surface area contributed by atoms with Gasteiger partial charge in [0.15, 0.2) is 5.16 Å². The lowest BCUT2D eigenvalue weighted by molar-refractivity contribution is -0.138. The third-order valence-corrected chi connectivity index (χ3v) is 5.15. The Morgan fingerprint density at radius 1 is 1.27 bits per heavy atom. The van der Waals surface area contributed by atoms with Crippen LogP contribution in [0.3, 0.4) is 0 Å². The van der Waals surface area contributed by atoms with Gasteiger partial charge in [0.05, 0.1) is 5.75 Å². The molecule has 3 rings (SSSR count). The van der Waals surface area contributed by atoms with Crippen molar-refractivity contribution in [1.29, 1.82) is 0 Å². The van der Waals surface area contributed by atoms with Gasteiger partial charge in [-0.2, -0.15) is 0 Å². The second kappa shape index (κ2) is 6.28. The van der Waals surface area contributed by atoms with Crippen LogP contribution in [0.4, 0.5) is 0 Å². The van der Waals surface area contributed by atoms with Crippen LogP contribution in [0, 0.1) is 6.92 Å². The molecule has 22 heavy (non-hydrogen) atoms. The maximum Gasteiger partial charge on any atom is 0.240 e. The van der Waals surface area contributed by atoms with Gasteiger partial charge in [0.25, 0.3) is 0 Å². The Labute approximate surface area is 133 Å². The van der Waals surface area contributed by atoms with E-state index in [-0.39, 0.29) is 11.7 Å². The molecule has 1 saturated heterocycles. The summed E-state index contributed by atoms with van der Waals surface area (Å²) in [6, 6.07) is 0.0332. The fourth-order valence-corrected chi connectivity index (χ4v) is 3.87. The first-order valence-corrected chi connectivity index (χ1v) is 8.69. The predicted molar refractivity (Wildman–Crippen MR) is 82.3 cm³/mol. The minimum atomic E-state index is -0.454. The number of aromatic nitrogens is 3. The third-order valence-electron chi connectivity index (χ3n) is 4.22. The number of rotatable bonds is 5. The fourth-order valence-electron chi connectivity index (χ4n) is 2.94. The van der Waals surface area contributed by atoms with E-state index < -0.39 is 11.9 Å². The lowest BCUT2D eigenvalue weighted by Crippen LogP contribution is -2.51. The van der Waals surface area contributed by atoms with Gasteiger partial charge in [-0.05, 0) is 39.0 Å². The molecule has 1 aromatic rings. The highest BCUT2D eigenvalue weighted by Gasteiger charge is 2.32. The van der Waals surface area contributed by atoms with Gasteiger partial charge in [0.1, 0.15) is 11.9 Å². The molecule has 1 aromatic heterocycles. The van der Waals surface area contributed by atoms with Gasteiger partial charge in [0, 0.05) is 12.6 Å². The molecular weight excluding hydrogens is 302 g/mol. The molecule has 0 bridgehead atoms. The molecule has 1 aliphatic heterocycles. The summed E-state index contributed by atoms with van der Waals surface area (Å²) < 4.78 is 2.11. The summed E-state index contributed by atoms with van der Waals surface area (Å²) in [6.45, 7) is 2.55. The minimum absolute atomic E-state index is 0.0449. The number of nitrogens with zero attached hydrogens (tertiary/aromatic N) is 4. The standard InChI is InChI=1S/C14H21N5O2S/c1-9-16-17-14(19(9)10-5-6-10)22-8-12(20)18-7-3-2-4-11(18)13(15)21/h10-11H,2-8H2,1H3,(H2,15,21)/t11-/m1/s1. The van der Waals surface area contributed by atoms with Crippen LogP contribution in [0.5, 0.6) is 0 Å². The SMILES string of the molecule is Cc1nnc(SCC(=O)N2CCCC[C@@H]2C(N)=O)n1C1CC1. The molecule has 2 heterocycles. The molecule has 1 aliphatic carbocycles. The molecule has 8 heteroatoms. The zero-order valence-corrected chi connectivity index (χ0v) is 13.5. The number of amides is 2. The Kier molecular flexibility index (Phi) is 4.37. The number of carbonyl (C=O) groups is 2. The third kappa shape index (κ3) is 3.11. The van der Waals surface area contributed by atoms with Gasteiger partial charge in [-0.1, -0.05) is 11.8 Å². The Morgan fingerprint density at radius 3 is 2.73 bits per heavy atom. The molecular formula is C14H21N5O2S. The molecule has 1 saturated carbocycles. The van der Waals surface area contributed by atoms with Crippen LogP contribution in [0.25, 0.3) is 0 Å². The molecule has 7 nitrogen and oxygen atoms in total. The van der Waals surface area contributed by atoms with Crippen molar-refractivity contribution in [2.75, 3.05) is 12.3 Å².